The Labute approximate surface area is 136 Å². The Morgan fingerprint density at radius 2 is 1.74 bits per heavy atom. The Morgan fingerprint density at radius 1 is 1.00 bits per heavy atom. The van der Waals surface area contributed by atoms with Crippen LogP contribution in [0.5, 0.6) is 5.75 Å². The lowest BCUT2D eigenvalue weighted by atomic mass is 9.93. The molecule has 2 aromatic carbocycles. The molecular weight excluding hydrogens is 292 g/mol. The molecule has 0 radical (unpaired) electrons. The SMILES string of the molecule is COC(=O)Cc1ccc(OC)c(-c2ccc(C)cc2C(C)=O)c1. The van der Waals surface area contributed by atoms with E-state index in [0.29, 0.717) is 11.3 Å². The number of aryl methyl sites for hydroxylation is 1. The van der Waals surface area contributed by atoms with Gasteiger partial charge in [-0.2, -0.15) is 0 Å². The van der Waals surface area contributed by atoms with Gasteiger partial charge in [0.05, 0.1) is 20.6 Å². The van der Waals surface area contributed by atoms with Crippen molar-refractivity contribution >= 4 is 11.8 Å². The Balaban J connectivity index is 2.59. The largest absolute Gasteiger partial charge is 0.496 e. The summed E-state index contributed by atoms with van der Waals surface area (Å²) in [6, 6.07) is 11.2. The van der Waals surface area contributed by atoms with E-state index in [4.69, 9.17) is 9.47 Å². The fraction of sp³-hybridized carbons (Fsp3) is 0.263. The lowest BCUT2D eigenvalue weighted by Gasteiger charge is -2.14. The number of rotatable bonds is 5. The summed E-state index contributed by atoms with van der Waals surface area (Å²) in [7, 11) is 2.95. The first-order valence-electron chi connectivity index (χ1n) is 7.32. The highest BCUT2D eigenvalue weighted by molar-refractivity contribution is 6.01. The molecular formula is C19H20O4. The number of esters is 1. The van der Waals surface area contributed by atoms with E-state index in [9.17, 15) is 9.59 Å². The van der Waals surface area contributed by atoms with Gasteiger partial charge in [-0.1, -0.05) is 23.8 Å². The van der Waals surface area contributed by atoms with Gasteiger partial charge in [-0.05, 0) is 43.2 Å². The number of carbonyl (C=O) groups excluding carboxylic acids is 2. The number of methoxy groups -OCH3 is 2. The van der Waals surface area contributed by atoms with Crippen molar-refractivity contribution in [3.63, 3.8) is 0 Å². The van der Waals surface area contributed by atoms with E-state index in [0.717, 1.165) is 22.3 Å². The van der Waals surface area contributed by atoms with Gasteiger partial charge in [-0.25, -0.2) is 0 Å². The summed E-state index contributed by atoms with van der Waals surface area (Å²) < 4.78 is 10.1. The van der Waals surface area contributed by atoms with Crippen LogP contribution in [0.1, 0.15) is 28.4 Å². The Morgan fingerprint density at radius 3 is 2.35 bits per heavy atom. The maximum atomic E-state index is 12.0. The van der Waals surface area contributed by atoms with Gasteiger partial charge in [-0.15, -0.1) is 0 Å². The molecule has 0 aliphatic heterocycles. The zero-order valence-corrected chi connectivity index (χ0v) is 13.8. The summed E-state index contributed by atoms with van der Waals surface area (Å²) in [4.78, 5) is 23.5. The Kier molecular flexibility index (Phi) is 5.16. The van der Waals surface area contributed by atoms with E-state index in [1.165, 1.54) is 7.11 Å². The average Bonchev–Trinajstić information content (AvgIpc) is 2.54. The van der Waals surface area contributed by atoms with E-state index in [1.54, 1.807) is 20.1 Å². The van der Waals surface area contributed by atoms with Crippen molar-refractivity contribution in [2.45, 2.75) is 20.3 Å². The highest BCUT2D eigenvalue weighted by Crippen LogP contribution is 2.34. The molecule has 4 heteroatoms. The summed E-state index contributed by atoms with van der Waals surface area (Å²) in [6.07, 6.45) is 0.175. The summed E-state index contributed by atoms with van der Waals surface area (Å²) in [5.74, 6) is 0.339. The van der Waals surface area contributed by atoms with Crippen molar-refractivity contribution in [2.24, 2.45) is 0 Å². The average molecular weight is 312 g/mol. The lowest BCUT2D eigenvalue weighted by molar-refractivity contribution is -0.139. The first-order chi connectivity index (χ1) is 11.0. The van der Waals surface area contributed by atoms with Crippen LogP contribution < -0.4 is 4.74 Å². The fourth-order valence-electron chi connectivity index (χ4n) is 2.50. The highest BCUT2D eigenvalue weighted by atomic mass is 16.5. The number of Topliss-reactive ketones (excluding diaryl/α,β-unsaturated/α-hetero) is 1. The molecule has 0 heterocycles. The molecule has 23 heavy (non-hydrogen) atoms. The molecule has 0 aliphatic rings. The van der Waals surface area contributed by atoms with Gasteiger partial charge in [0.2, 0.25) is 0 Å². The van der Waals surface area contributed by atoms with Crippen LogP contribution >= 0.6 is 0 Å². The minimum absolute atomic E-state index is 0.0101. The molecule has 0 saturated heterocycles. The van der Waals surface area contributed by atoms with E-state index < -0.39 is 0 Å². The van der Waals surface area contributed by atoms with Crippen LogP contribution in [-0.2, 0) is 16.0 Å². The predicted molar refractivity (Wildman–Crippen MR) is 88.9 cm³/mol. The van der Waals surface area contributed by atoms with E-state index in [1.807, 2.05) is 37.3 Å². The number of benzene rings is 2. The molecule has 2 aromatic rings. The number of ketones is 1. The summed E-state index contributed by atoms with van der Waals surface area (Å²) in [6.45, 7) is 3.49. The van der Waals surface area contributed by atoms with E-state index in [2.05, 4.69) is 0 Å². The van der Waals surface area contributed by atoms with Gasteiger partial charge < -0.3 is 9.47 Å². The van der Waals surface area contributed by atoms with Gasteiger partial charge in [0.15, 0.2) is 5.78 Å². The topological polar surface area (TPSA) is 52.6 Å². The molecule has 0 amide bonds. The van der Waals surface area contributed by atoms with Crippen molar-refractivity contribution < 1.29 is 19.1 Å². The van der Waals surface area contributed by atoms with E-state index >= 15 is 0 Å². The maximum Gasteiger partial charge on any atom is 0.309 e. The van der Waals surface area contributed by atoms with Gasteiger partial charge in [0, 0.05) is 11.1 Å². The minimum Gasteiger partial charge on any atom is -0.496 e. The fourth-order valence-corrected chi connectivity index (χ4v) is 2.50. The molecule has 0 aliphatic carbocycles. The van der Waals surface area contributed by atoms with Gasteiger partial charge >= 0.3 is 5.97 Å². The molecule has 0 spiro atoms. The van der Waals surface area contributed by atoms with Crippen LogP contribution in [0, 0.1) is 6.92 Å². The zero-order valence-electron chi connectivity index (χ0n) is 13.8. The lowest BCUT2D eigenvalue weighted by Crippen LogP contribution is -2.05. The summed E-state index contributed by atoms with van der Waals surface area (Å²) in [5, 5.41) is 0. The van der Waals surface area contributed by atoms with Crippen molar-refractivity contribution in [2.75, 3.05) is 14.2 Å². The van der Waals surface area contributed by atoms with Crippen molar-refractivity contribution in [3.8, 4) is 16.9 Å². The van der Waals surface area contributed by atoms with Crippen LogP contribution in [0.25, 0.3) is 11.1 Å². The Hall–Kier alpha value is -2.62. The second kappa shape index (κ2) is 7.09. The number of hydrogen-bond acceptors (Lipinski definition) is 4. The van der Waals surface area contributed by atoms with Crippen LogP contribution in [-0.4, -0.2) is 26.0 Å². The van der Waals surface area contributed by atoms with Crippen molar-refractivity contribution in [1.29, 1.82) is 0 Å². The number of hydrogen-bond donors (Lipinski definition) is 0. The number of ether oxygens (including phenoxy) is 2. The van der Waals surface area contributed by atoms with E-state index in [-0.39, 0.29) is 18.2 Å². The van der Waals surface area contributed by atoms with Crippen molar-refractivity contribution in [3.05, 3.63) is 53.1 Å². The van der Waals surface area contributed by atoms with Crippen molar-refractivity contribution in [1.82, 2.24) is 0 Å². The third-order valence-corrected chi connectivity index (χ3v) is 3.68. The van der Waals surface area contributed by atoms with Gasteiger partial charge in [0.25, 0.3) is 0 Å². The normalized spacial score (nSPS) is 10.3. The quantitative estimate of drug-likeness (QED) is 0.625. The molecule has 0 saturated carbocycles. The second-order valence-corrected chi connectivity index (χ2v) is 5.39. The molecule has 2 rings (SSSR count). The molecule has 0 N–H and O–H groups in total. The summed E-state index contributed by atoms with van der Waals surface area (Å²) in [5.41, 5.74) is 4.05. The maximum absolute atomic E-state index is 12.0. The smallest absolute Gasteiger partial charge is 0.309 e. The molecule has 0 fully saturated rings. The minimum atomic E-state index is -0.309. The zero-order chi connectivity index (χ0) is 17.0. The molecule has 0 atom stereocenters. The third kappa shape index (κ3) is 3.77. The predicted octanol–water partition coefficient (Wildman–Crippen LogP) is 3.59. The highest BCUT2D eigenvalue weighted by Gasteiger charge is 2.15. The molecule has 0 unspecified atom stereocenters. The second-order valence-electron chi connectivity index (χ2n) is 5.39. The standard InChI is InChI=1S/C19H20O4/c1-12-5-7-15(16(9-12)13(2)20)17-10-14(11-19(21)23-4)6-8-18(17)22-3/h5-10H,11H2,1-4H3. The van der Waals surface area contributed by atoms with Crippen LogP contribution in [0.4, 0.5) is 0 Å². The first kappa shape index (κ1) is 16.7. The monoisotopic (exact) mass is 312 g/mol. The first-order valence-corrected chi connectivity index (χ1v) is 7.32. The summed E-state index contributed by atoms with van der Waals surface area (Å²) >= 11 is 0. The molecule has 120 valence electrons. The van der Waals surface area contributed by atoms with Gasteiger partial charge in [-0.3, -0.25) is 9.59 Å². The van der Waals surface area contributed by atoms with Gasteiger partial charge in [0.1, 0.15) is 5.75 Å². The number of carbonyl (C=O) groups is 2. The molecule has 4 nitrogen and oxygen atoms in total. The van der Waals surface area contributed by atoms with Crippen LogP contribution in [0.15, 0.2) is 36.4 Å². The van der Waals surface area contributed by atoms with Crippen LogP contribution in [0.3, 0.4) is 0 Å². The molecule has 0 bridgehead atoms. The molecule has 0 aromatic heterocycles. The Bertz CT molecular complexity index is 747. The third-order valence-electron chi connectivity index (χ3n) is 3.68. The van der Waals surface area contributed by atoms with Crippen LogP contribution in [0.2, 0.25) is 0 Å².